The first-order valence-electron chi connectivity index (χ1n) is 8.60. The fourth-order valence-electron chi connectivity index (χ4n) is 2.68. The maximum Gasteiger partial charge on any atom is 0.219 e. The molecule has 0 radical (unpaired) electrons. The van der Waals surface area contributed by atoms with Crippen molar-refractivity contribution < 1.29 is 19.3 Å². The van der Waals surface area contributed by atoms with Gasteiger partial charge in [-0.05, 0) is 47.5 Å². The number of ether oxygens (including phenoxy) is 3. The minimum atomic E-state index is -0.437. The minimum Gasteiger partial charge on any atom is -0.395 e. The van der Waals surface area contributed by atoms with Crippen LogP contribution in [0, 0.1) is 0 Å². The van der Waals surface area contributed by atoms with E-state index in [1.807, 2.05) is 0 Å². The van der Waals surface area contributed by atoms with Crippen molar-refractivity contribution in [3.05, 3.63) is 0 Å². The highest BCUT2D eigenvalue weighted by Gasteiger charge is 2.33. The molecule has 1 fully saturated rings. The molecule has 1 aliphatic heterocycles. The lowest BCUT2D eigenvalue weighted by Gasteiger charge is -2.42. The van der Waals surface area contributed by atoms with Crippen LogP contribution in [0.25, 0.3) is 0 Å². The second-order valence-corrected chi connectivity index (χ2v) is 7.76. The smallest absolute Gasteiger partial charge is 0.219 e. The molecule has 2 unspecified atom stereocenters. The van der Waals surface area contributed by atoms with Gasteiger partial charge in [-0.3, -0.25) is 0 Å². The predicted molar refractivity (Wildman–Crippen MR) is 91.3 cm³/mol. The summed E-state index contributed by atoms with van der Waals surface area (Å²) in [5.74, 6) is 0. The Morgan fingerprint density at radius 1 is 1.26 bits per heavy atom. The Morgan fingerprint density at radius 2 is 1.96 bits per heavy atom. The van der Waals surface area contributed by atoms with Crippen molar-refractivity contribution in [3.8, 4) is 0 Å². The molecule has 138 valence electrons. The van der Waals surface area contributed by atoms with Gasteiger partial charge < -0.3 is 24.6 Å². The maximum atomic E-state index is 9.54. The van der Waals surface area contributed by atoms with E-state index < -0.39 is 6.41 Å². The molecule has 0 spiro atoms. The zero-order valence-electron chi connectivity index (χ0n) is 15.7. The normalized spacial score (nSPS) is 22.3. The summed E-state index contributed by atoms with van der Waals surface area (Å²) in [4.78, 5) is 2.09. The summed E-state index contributed by atoms with van der Waals surface area (Å²) < 4.78 is 17.5. The molecule has 0 aromatic carbocycles. The molecular formula is C17H36N2O4. The van der Waals surface area contributed by atoms with Gasteiger partial charge in [0.15, 0.2) is 0 Å². The van der Waals surface area contributed by atoms with Crippen molar-refractivity contribution in [2.24, 2.45) is 0 Å². The molecule has 0 amide bonds. The summed E-state index contributed by atoms with van der Waals surface area (Å²) in [6.07, 6.45) is 1.39. The molecule has 23 heavy (non-hydrogen) atoms. The summed E-state index contributed by atoms with van der Waals surface area (Å²) in [5.41, 5.74) is -0.415. The Hall–Kier alpha value is -0.240. The third-order valence-electron chi connectivity index (χ3n) is 3.96. The van der Waals surface area contributed by atoms with Crippen LogP contribution >= 0.6 is 0 Å². The second-order valence-electron chi connectivity index (χ2n) is 7.76. The van der Waals surface area contributed by atoms with Crippen molar-refractivity contribution in [1.82, 2.24) is 10.2 Å². The molecule has 1 heterocycles. The number of nitrogens with zero attached hydrogens (tertiary/aromatic N) is 1. The van der Waals surface area contributed by atoms with E-state index >= 15 is 0 Å². The van der Waals surface area contributed by atoms with E-state index in [-0.39, 0.29) is 23.9 Å². The van der Waals surface area contributed by atoms with Crippen molar-refractivity contribution >= 4 is 0 Å². The van der Waals surface area contributed by atoms with E-state index in [0.717, 1.165) is 39.1 Å². The highest BCUT2D eigenvalue weighted by Crippen LogP contribution is 2.23. The van der Waals surface area contributed by atoms with Gasteiger partial charge in [0.2, 0.25) is 6.41 Å². The predicted octanol–water partition coefficient (Wildman–Crippen LogP) is 1.57. The monoisotopic (exact) mass is 332 g/mol. The summed E-state index contributed by atoms with van der Waals surface area (Å²) in [5, 5.41) is 12.8. The van der Waals surface area contributed by atoms with Crippen LogP contribution in [0.4, 0.5) is 0 Å². The van der Waals surface area contributed by atoms with Gasteiger partial charge in [-0.25, -0.2) is 4.90 Å². The maximum absolute atomic E-state index is 9.54. The number of hydrogen-bond acceptors (Lipinski definition) is 6. The van der Waals surface area contributed by atoms with Crippen LogP contribution in [-0.4, -0.2) is 73.6 Å². The van der Waals surface area contributed by atoms with E-state index in [0.29, 0.717) is 0 Å². The molecule has 0 saturated carbocycles. The summed E-state index contributed by atoms with van der Waals surface area (Å²) in [7, 11) is 1.65. The van der Waals surface area contributed by atoms with Gasteiger partial charge in [0, 0.05) is 39.4 Å². The molecular weight excluding hydrogens is 296 g/mol. The molecule has 1 aliphatic rings. The van der Waals surface area contributed by atoms with E-state index in [2.05, 4.69) is 44.8 Å². The van der Waals surface area contributed by atoms with Gasteiger partial charge in [-0.15, -0.1) is 0 Å². The summed E-state index contributed by atoms with van der Waals surface area (Å²) >= 11 is 0. The largest absolute Gasteiger partial charge is 0.395 e. The fraction of sp³-hybridized carbons (Fsp3) is 1.00. The average molecular weight is 332 g/mol. The number of aliphatic hydroxyl groups is 1. The minimum absolute atomic E-state index is 0.0220. The van der Waals surface area contributed by atoms with Crippen LogP contribution in [0.2, 0.25) is 0 Å². The van der Waals surface area contributed by atoms with Crippen LogP contribution in [0.1, 0.15) is 47.5 Å². The fourth-order valence-corrected chi connectivity index (χ4v) is 2.68. The first kappa shape index (κ1) is 20.8. The molecule has 6 heteroatoms. The lowest BCUT2D eigenvalue weighted by molar-refractivity contribution is -0.271. The standard InChI is InChI=1S/C17H36N2O4/c1-16(2,3)22-11-7-8-17(4,5)23-15(21-6)19-10-9-18-12-14(19)13-20/h14-15,18,20H,7-13H2,1-6H3. The number of aliphatic hydroxyl groups excluding tert-OH is 1. The van der Waals surface area contributed by atoms with E-state index in [1.165, 1.54) is 0 Å². The lowest BCUT2D eigenvalue weighted by atomic mass is 10.0. The Balaban J connectivity index is 2.48. The quantitative estimate of drug-likeness (QED) is 0.494. The lowest BCUT2D eigenvalue weighted by Crippen LogP contribution is -2.59. The second kappa shape index (κ2) is 9.30. The molecule has 1 saturated heterocycles. The molecule has 0 aromatic heterocycles. The molecule has 6 nitrogen and oxygen atoms in total. The third-order valence-corrected chi connectivity index (χ3v) is 3.96. The van der Waals surface area contributed by atoms with Crippen LogP contribution < -0.4 is 5.32 Å². The zero-order valence-corrected chi connectivity index (χ0v) is 15.7. The number of nitrogens with one attached hydrogen (secondary N) is 1. The highest BCUT2D eigenvalue weighted by atomic mass is 16.7. The molecule has 0 aliphatic carbocycles. The van der Waals surface area contributed by atoms with E-state index in [9.17, 15) is 5.11 Å². The topological polar surface area (TPSA) is 63.2 Å². The summed E-state index contributed by atoms with van der Waals surface area (Å²) in [6.45, 7) is 13.6. The Kier molecular flexibility index (Phi) is 8.41. The molecule has 0 aromatic rings. The highest BCUT2D eigenvalue weighted by molar-refractivity contribution is 4.80. The average Bonchev–Trinajstić information content (AvgIpc) is 2.48. The van der Waals surface area contributed by atoms with Gasteiger partial charge in [0.1, 0.15) is 0 Å². The molecule has 0 bridgehead atoms. The van der Waals surface area contributed by atoms with Crippen molar-refractivity contribution in [2.45, 2.75) is 71.1 Å². The third kappa shape index (κ3) is 7.92. The molecule has 1 rings (SSSR count). The first-order chi connectivity index (χ1) is 10.7. The number of piperazine rings is 1. The number of rotatable bonds is 9. The Morgan fingerprint density at radius 3 is 2.52 bits per heavy atom. The van der Waals surface area contributed by atoms with Crippen molar-refractivity contribution in [3.63, 3.8) is 0 Å². The molecule has 2 N–H and O–H groups in total. The zero-order chi connectivity index (χ0) is 17.5. The van der Waals surface area contributed by atoms with Crippen molar-refractivity contribution in [2.75, 3.05) is 40.0 Å². The van der Waals surface area contributed by atoms with Crippen LogP contribution in [0.5, 0.6) is 0 Å². The Bertz CT molecular complexity index is 331. The van der Waals surface area contributed by atoms with Gasteiger partial charge in [0.05, 0.1) is 17.8 Å². The van der Waals surface area contributed by atoms with Crippen LogP contribution in [0.3, 0.4) is 0 Å². The van der Waals surface area contributed by atoms with E-state index in [4.69, 9.17) is 14.2 Å². The van der Waals surface area contributed by atoms with Gasteiger partial charge >= 0.3 is 0 Å². The number of methoxy groups -OCH3 is 1. The van der Waals surface area contributed by atoms with E-state index in [1.54, 1.807) is 7.11 Å². The number of hydrogen-bond donors (Lipinski definition) is 2. The van der Waals surface area contributed by atoms with Gasteiger partial charge in [-0.2, -0.15) is 0 Å². The van der Waals surface area contributed by atoms with Gasteiger partial charge in [-0.1, -0.05) is 0 Å². The van der Waals surface area contributed by atoms with Crippen molar-refractivity contribution in [1.29, 1.82) is 0 Å². The molecule has 2 atom stereocenters. The SMILES string of the molecule is COC(OC(C)(C)CCCOC(C)(C)C)N1CCNCC1CO. The van der Waals surface area contributed by atoms with Crippen LogP contribution in [0.15, 0.2) is 0 Å². The summed E-state index contributed by atoms with van der Waals surface area (Å²) in [6, 6.07) is 0.0220. The van der Waals surface area contributed by atoms with Gasteiger partial charge in [0.25, 0.3) is 0 Å². The first-order valence-corrected chi connectivity index (χ1v) is 8.60. The Labute approximate surface area is 141 Å². The van der Waals surface area contributed by atoms with Crippen LogP contribution in [-0.2, 0) is 14.2 Å².